The molecule has 3 aromatic carbocycles. The summed E-state index contributed by atoms with van der Waals surface area (Å²) in [5.41, 5.74) is 0.0320. The number of anilines is 1. The zero-order valence-electron chi connectivity index (χ0n) is 11.9. The number of amides is 1. The standard InChI is InChI=1S/C18H13F2NO/c1-21(18(22)17-15(19)7-4-8-16(17)20)14-10-9-12-5-2-3-6-13(12)11-14/h2-11H,1H3. The van der Waals surface area contributed by atoms with Crippen molar-refractivity contribution in [1.29, 1.82) is 0 Å². The molecule has 0 atom stereocenters. The maximum atomic E-state index is 13.7. The molecule has 4 heteroatoms. The van der Waals surface area contributed by atoms with Crippen LogP contribution in [0.3, 0.4) is 0 Å². The summed E-state index contributed by atoms with van der Waals surface area (Å²) in [6.45, 7) is 0. The van der Waals surface area contributed by atoms with Gasteiger partial charge in [0, 0.05) is 12.7 Å². The van der Waals surface area contributed by atoms with Gasteiger partial charge < -0.3 is 4.90 Å². The van der Waals surface area contributed by atoms with Gasteiger partial charge in [0.25, 0.3) is 5.91 Å². The smallest absolute Gasteiger partial charge is 0.263 e. The van der Waals surface area contributed by atoms with E-state index in [0.29, 0.717) is 5.69 Å². The molecule has 0 unspecified atom stereocenters. The number of halogens is 2. The lowest BCUT2D eigenvalue weighted by Crippen LogP contribution is -2.28. The molecule has 0 aliphatic carbocycles. The van der Waals surface area contributed by atoms with Crippen molar-refractivity contribution in [2.75, 3.05) is 11.9 Å². The number of benzene rings is 3. The Labute approximate surface area is 126 Å². The van der Waals surface area contributed by atoms with E-state index in [9.17, 15) is 13.6 Å². The topological polar surface area (TPSA) is 20.3 Å². The molecule has 110 valence electrons. The van der Waals surface area contributed by atoms with Crippen molar-refractivity contribution >= 4 is 22.4 Å². The van der Waals surface area contributed by atoms with Crippen LogP contribution in [-0.4, -0.2) is 13.0 Å². The highest BCUT2D eigenvalue weighted by molar-refractivity contribution is 6.07. The van der Waals surface area contributed by atoms with Gasteiger partial charge in [-0.1, -0.05) is 36.4 Å². The first-order chi connectivity index (χ1) is 10.6. The molecule has 0 saturated carbocycles. The summed E-state index contributed by atoms with van der Waals surface area (Å²) in [7, 11) is 1.50. The number of carbonyl (C=O) groups is 1. The summed E-state index contributed by atoms with van der Waals surface area (Å²) < 4.78 is 27.5. The minimum Gasteiger partial charge on any atom is -0.311 e. The summed E-state index contributed by atoms with van der Waals surface area (Å²) in [5.74, 6) is -2.44. The molecule has 0 aliphatic heterocycles. The Kier molecular flexibility index (Phi) is 3.59. The molecule has 0 radical (unpaired) electrons. The predicted octanol–water partition coefficient (Wildman–Crippen LogP) is 4.39. The Balaban J connectivity index is 2.01. The van der Waals surface area contributed by atoms with Crippen molar-refractivity contribution in [2.45, 2.75) is 0 Å². The fourth-order valence-electron chi connectivity index (χ4n) is 2.37. The lowest BCUT2D eigenvalue weighted by Gasteiger charge is -2.18. The average molecular weight is 297 g/mol. The van der Waals surface area contributed by atoms with Crippen molar-refractivity contribution in [3.8, 4) is 0 Å². The summed E-state index contributed by atoms with van der Waals surface area (Å²) in [6, 6.07) is 16.5. The molecule has 0 aromatic heterocycles. The molecule has 0 aliphatic rings. The van der Waals surface area contributed by atoms with Gasteiger partial charge in [-0.3, -0.25) is 4.79 Å². The van der Waals surface area contributed by atoms with Crippen molar-refractivity contribution < 1.29 is 13.6 Å². The fraction of sp³-hybridized carbons (Fsp3) is 0.0556. The molecule has 2 nitrogen and oxygen atoms in total. The Morgan fingerprint density at radius 2 is 1.50 bits per heavy atom. The van der Waals surface area contributed by atoms with Gasteiger partial charge in [-0.25, -0.2) is 8.78 Å². The Morgan fingerprint density at radius 3 is 2.18 bits per heavy atom. The van der Waals surface area contributed by atoms with Crippen LogP contribution in [-0.2, 0) is 0 Å². The second kappa shape index (κ2) is 5.56. The predicted molar refractivity (Wildman–Crippen MR) is 83.0 cm³/mol. The number of nitrogens with zero attached hydrogens (tertiary/aromatic N) is 1. The Morgan fingerprint density at radius 1 is 0.864 bits per heavy atom. The van der Waals surface area contributed by atoms with Gasteiger partial charge >= 0.3 is 0 Å². The van der Waals surface area contributed by atoms with E-state index in [1.165, 1.54) is 18.0 Å². The summed E-state index contributed by atoms with van der Waals surface area (Å²) in [6.07, 6.45) is 0. The minimum atomic E-state index is -0.863. The van der Waals surface area contributed by atoms with E-state index in [4.69, 9.17) is 0 Å². The molecular formula is C18H13F2NO. The third-order valence-electron chi connectivity index (χ3n) is 3.60. The summed E-state index contributed by atoms with van der Waals surface area (Å²) in [4.78, 5) is 13.6. The maximum Gasteiger partial charge on any atom is 0.263 e. The van der Waals surface area contributed by atoms with E-state index < -0.39 is 23.1 Å². The summed E-state index contributed by atoms with van der Waals surface area (Å²) in [5, 5.41) is 1.98. The number of fused-ring (bicyclic) bond motifs is 1. The van der Waals surface area contributed by atoms with Gasteiger partial charge in [-0.2, -0.15) is 0 Å². The van der Waals surface area contributed by atoms with Crippen molar-refractivity contribution in [1.82, 2.24) is 0 Å². The molecule has 0 fully saturated rings. The third kappa shape index (κ3) is 2.44. The van der Waals surface area contributed by atoms with Crippen LogP contribution in [0.25, 0.3) is 10.8 Å². The van der Waals surface area contributed by atoms with Gasteiger partial charge in [-0.15, -0.1) is 0 Å². The Bertz CT molecular complexity index is 840. The van der Waals surface area contributed by atoms with E-state index >= 15 is 0 Å². The highest BCUT2D eigenvalue weighted by atomic mass is 19.1. The van der Waals surface area contributed by atoms with Gasteiger partial charge in [-0.05, 0) is 35.0 Å². The molecular weight excluding hydrogens is 284 g/mol. The number of hydrogen-bond acceptors (Lipinski definition) is 1. The zero-order chi connectivity index (χ0) is 15.7. The molecule has 3 aromatic rings. The molecule has 22 heavy (non-hydrogen) atoms. The highest BCUT2D eigenvalue weighted by Gasteiger charge is 2.21. The average Bonchev–Trinajstić information content (AvgIpc) is 2.53. The van der Waals surface area contributed by atoms with Crippen LogP contribution in [0, 0.1) is 11.6 Å². The number of carbonyl (C=O) groups excluding carboxylic acids is 1. The van der Waals surface area contributed by atoms with Gasteiger partial charge in [0.1, 0.15) is 17.2 Å². The zero-order valence-corrected chi connectivity index (χ0v) is 11.9. The molecule has 0 saturated heterocycles. The summed E-state index contributed by atoms with van der Waals surface area (Å²) >= 11 is 0. The van der Waals surface area contributed by atoms with Crippen LogP contribution in [0.5, 0.6) is 0 Å². The van der Waals surface area contributed by atoms with Gasteiger partial charge in [0.15, 0.2) is 0 Å². The largest absolute Gasteiger partial charge is 0.311 e. The van der Waals surface area contributed by atoms with Crippen LogP contribution in [0.4, 0.5) is 14.5 Å². The number of rotatable bonds is 2. The van der Waals surface area contributed by atoms with E-state index in [1.54, 1.807) is 6.07 Å². The van der Waals surface area contributed by atoms with E-state index in [2.05, 4.69) is 0 Å². The molecule has 0 bridgehead atoms. The SMILES string of the molecule is CN(C(=O)c1c(F)cccc1F)c1ccc2ccccc2c1. The molecule has 0 heterocycles. The number of hydrogen-bond donors (Lipinski definition) is 0. The fourth-order valence-corrected chi connectivity index (χ4v) is 2.37. The monoisotopic (exact) mass is 297 g/mol. The van der Waals surface area contributed by atoms with Crippen LogP contribution < -0.4 is 4.90 Å². The van der Waals surface area contributed by atoms with Gasteiger partial charge in [0.05, 0.1) is 0 Å². The van der Waals surface area contributed by atoms with Crippen molar-refractivity contribution in [3.05, 3.63) is 77.9 Å². The maximum absolute atomic E-state index is 13.7. The second-order valence-corrected chi connectivity index (χ2v) is 4.99. The highest BCUT2D eigenvalue weighted by Crippen LogP contribution is 2.23. The molecule has 3 rings (SSSR count). The van der Waals surface area contributed by atoms with Crippen molar-refractivity contribution in [3.63, 3.8) is 0 Å². The molecule has 1 amide bonds. The first-order valence-electron chi connectivity index (χ1n) is 6.79. The lowest BCUT2D eigenvalue weighted by molar-refractivity contribution is 0.0985. The normalized spacial score (nSPS) is 10.7. The van der Waals surface area contributed by atoms with Gasteiger partial charge in [0.2, 0.25) is 0 Å². The van der Waals surface area contributed by atoms with E-state index in [-0.39, 0.29) is 0 Å². The van der Waals surface area contributed by atoms with E-state index in [0.717, 1.165) is 22.9 Å². The Hall–Kier alpha value is -2.75. The second-order valence-electron chi connectivity index (χ2n) is 4.99. The molecule has 0 N–H and O–H groups in total. The first-order valence-corrected chi connectivity index (χ1v) is 6.79. The quantitative estimate of drug-likeness (QED) is 0.687. The first kappa shape index (κ1) is 14.2. The molecule has 0 spiro atoms. The van der Waals surface area contributed by atoms with Crippen LogP contribution in [0.1, 0.15) is 10.4 Å². The van der Waals surface area contributed by atoms with E-state index in [1.807, 2.05) is 36.4 Å². The van der Waals surface area contributed by atoms with Crippen molar-refractivity contribution in [2.24, 2.45) is 0 Å². The van der Waals surface area contributed by atoms with Crippen LogP contribution >= 0.6 is 0 Å². The lowest BCUT2D eigenvalue weighted by atomic mass is 10.1. The minimum absolute atomic E-state index is 0.543. The van der Waals surface area contributed by atoms with Crippen LogP contribution in [0.2, 0.25) is 0 Å². The van der Waals surface area contributed by atoms with Crippen LogP contribution in [0.15, 0.2) is 60.7 Å². The third-order valence-corrected chi connectivity index (χ3v) is 3.60.